The summed E-state index contributed by atoms with van der Waals surface area (Å²) in [6.45, 7) is 3.01. The van der Waals surface area contributed by atoms with E-state index in [9.17, 15) is 18.8 Å². The number of hydrogen-bond acceptors (Lipinski definition) is 5. The summed E-state index contributed by atoms with van der Waals surface area (Å²) in [4.78, 5) is 44.2. The number of Topliss-reactive ketones (excluding diaryl/α,β-unsaturated/α-hetero) is 1. The summed E-state index contributed by atoms with van der Waals surface area (Å²) >= 11 is 0. The Morgan fingerprint density at radius 3 is 2.89 bits per heavy atom. The predicted molar refractivity (Wildman–Crippen MR) is 131 cm³/mol. The van der Waals surface area contributed by atoms with Crippen molar-refractivity contribution in [2.24, 2.45) is 0 Å². The molecule has 1 aromatic carbocycles. The highest BCUT2D eigenvalue weighted by atomic mass is 19.1. The molecule has 0 bridgehead atoms. The van der Waals surface area contributed by atoms with E-state index >= 15 is 0 Å². The van der Waals surface area contributed by atoms with Gasteiger partial charge in [0, 0.05) is 56.0 Å². The Kier molecular flexibility index (Phi) is 6.50. The molecule has 36 heavy (non-hydrogen) atoms. The number of amides is 2. The molecule has 2 aromatic heterocycles. The van der Waals surface area contributed by atoms with E-state index in [1.807, 2.05) is 6.92 Å². The van der Waals surface area contributed by atoms with Gasteiger partial charge >= 0.3 is 0 Å². The van der Waals surface area contributed by atoms with Crippen molar-refractivity contribution >= 4 is 23.7 Å². The van der Waals surface area contributed by atoms with Crippen LogP contribution in [0.15, 0.2) is 47.2 Å². The van der Waals surface area contributed by atoms with Crippen molar-refractivity contribution in [3.8, 4) is 0 Å². The number of nitrogens with zero attached hydrogens (tertiary/aromatic N) is 2. The lowest BCUT2D eigenvalue weighted by atomic mass is 9.92. The quantitative estimate of drug-likeness (QED) is 0.546. The van der Waals surface area contributed by atoms with E-state index < -0.39 is 5.82 Å². The molecule has 3 heterocycles. The minimum absolute atomic E-state index is 0.0369. The summed E-state index contributed by atoms with van der Waals surface area (Å²) in [5.41, 5.74) is 4.82. The molecule has 0 atom stereocenters. The van der Waals surface area contributed by atoms with Crippen molar-refractivity contribution in [3.05, 3.63) is 93.5 Å². The maximum absolute atomic E-state index is 13.8. The highest BCUT2D eigenvalue weighted by Gasteiger charge is 2.32. The van der Waals surface area contributed by atoms with Crippen LogP contribution < -0.4 is 5.32 Å². The lowest BCUT2D eigenvalue weighted by Gasteiger charge is -2.30. The van der Waals surface area contributed by atoms with Gasteiger partial charge in [-0.1, -0.05) is 18.2 Å². The number of carbonyl (C=O) groups is 3. The number of ketones is 1. The van der Waals surface area contributed by atoms with Crippen molar-refractivity contribution in [3.63, 3.8) is 0 Å². The second-order valence-corrected chi connectivity index (χ2v) is 9.10. The molecule has 0 fully saturated rings. The molecule has 1 aliphatic heterocycles. The SMILES string of the molecule is Cc1ncc2c(c1CNC(=O)C=Cc1ccccc1F)CCN(C(=O)c1coc3c1C(=O)CCC3)C2. The summed E-state index contributed by atoms with van der Waals surface area (Å²) in [6, 6.07) is 6.25. The molecule has 3 aromatic rings. The van der Waals surface area contributed by atoms with Crippen molar-refractivity contribution in [1.29, 1.82) is 0 Å². The van der Waals surface area contributed by atoms with Crippen molar-refractivity contribution in [2.45, 2.75) is 45.7 Å². The molecule has 1 N–H and O–H groups in total. The van der Waals surface area contributed by atoms with E-state index in [4.69, 9.17) is 4.42 Å². The van der Waals surface area contributed by atoms with Crippen LogP contribution >= 0.6 is 0 Å². The van der Waals surface area contributed by atoms with Crippen molar-refractivity contribution in [1.82, 2.24) is 15.2 Å². The average Bonchev–Trinajstić information content (AvgIpc) is 3.32. The minimum atomic E-state index is -0.391. The van der Waals surface area contributed by atoms with Gasteiger partial charge in [0.1, 0.15) is 17.8 Å². The Morgan fingerprint density at radius 1 is 1.22 bits per heavy atom. The topological polar surface area (TPSA) is 92.5 Å². The van der Waals surface area contributed by atoms with E-state index in [2.05, 4.69) is 10.3 Å². The highest BCUT2D eigenvalue weighted by Crippen LogP contribution is 2.30. The summed E-state index contributed by atoms with van der Waals surface area (Å²) < 4.78 is 19.3. The summed E-state index contributed by atoms with van der Waals surface area (Å²) in [7, 11) is 0. The van der Waals surface area contributed by atoms with Gasteiger partial charge in [-0.2, -0.15) is 0 Å². The lowest BCUT2D eigenvalue weighted by molar-refractivity contribution is -0.116. The molecule has 0 unspecified atom stereocenters. The fourth-order valence-corrected chi connectivity index (χ4v) is 4.89. The smallest absolute Gasteiger partial charge is 0.258 e. The first-order valence-corrected chi connectivity index (χ1v) is 12.0. The van der Waals surface area contributed by atoms with Crippen LogP contribution in [0.1, 0.15) is 67.3 Å². The molecule has 0 spiro atoms. The molecule has 2 amide bonds. The van der Waals surface area contributed by atoms with Crippen LogP contribution in [-0.2, 0) is 30.7 Å². The number of halogens is 1. The Hall–Kier alpha value is -4.07. The number of hydrogen-bond donors (Lipinski definition) is 1. The maximum Gasteiger partial charge on any atom is 0.258 e. The third-order valence-corrected chi connectivity index (χ3v) is 6.83. The maximum atomic E-state index is 13.8. The molecule has 0 saturated heterocycles. The van der Waals surface area contributed by atoms with Crippen LogP contribution in [0.2, 0.25) is 0 Å². The van der Waals surface area contributed by atoms with Gasteiger partial charge in [-0.05, 0) is 48.6 Å². The third kappa shape index (κ3) is 4.58. The molecule has 1 aliphatic carbocycles. The number of nitrogens with one attached hydrogen (secondary N) is 1. The monoisotopic (exact) mass is 487 g/mol. The Balaban J connectivity index is 1.29. The molecule has 5 rings (SSSR count). The average molecular weight is 488 g/mol. The molecular formula is C28H26FN3O4. The fraction of sp³-hybridized carbons (Fsp3) is 0.286. The zero-order chi connectivity index (χ0) is 25.2. The fourth-order valence-electron chi connectivity index (χ4n) is 4.89. The largest absolute Gasteiger partial charge is 0.468 e. The molecule has 184 valence electrons. The Labute approximate surface area is 208 Å². The molecule has 0 saturated carbocycles. The minimum Gasteiger partial charge on any atom is -0.468 e. The van der Waals surface area contributed by atoms with Gasteiger partial charge in [-0.15, -0.1) is 0 Å². The number of benzene rings is 1. The second-order valence-electron chi connectivity index (χ2n) is 9.10. The van der Waals surface area contributed by atoms with Crippen molar-refractivity contribution in [2.75, 3.05) is 6.54 Å². The predicted octanol–water partition coefficient (Wildman–Crippen LogP) is 4.17. The van der Waals surface area contributed by atoms with Crippen LogP contribution in [-0.4, -0.2) is 34.0 Å². The zero-order valence-corrected chi connectivity index (χ0v) is 20.0. The summed E-state index contributed by atoms with van der Waals surface area (Å²) in [5, 5.41) is 2.86. The normalized spacial score (nSPS) is 15.1. The van der Waals surface area contributed by atoms with Gasteiger partial charge in [0.2, 0.25) is 5.91 Å². The van der Waals surface area contributed by atoms with Gasteiger partial charge in [-0.3, -0.25) is 19.4 Å². The summed E-state index contributed by atoms with van der Waals surface area (Å²) in [6.07, 6.45) is 8.39. The number of furan rings is 1. The summed E-state index contributed by atoms with van der Waals surface area (Å²) in [5.74, 6) is -0.374. The van der Waals surface area contributed by atoms with Crippen LogP contribution in [0.5, 0.6) is 0 Å². The second kappa shape index (κ2) is 9.89. The standard InChI is InChI=1S/C28H26FN3O4/c1-17-21(14-31-26(34)10-9-18-5-2-3-6-23(18)29)20-11-12-32(15-19(20)13-30-17)28(35)22-16-36-25-8-4-7-24(33)27(22)25/h2-3,5-6,9-10,13,16H,4,7-8,11-12,14-15H2,1H3,(H,31,34). The first kappa shape index (κ1) is 23.7. The van der Waals surface area contributed by atoms with Crippen LogP contribution in [0, 0.1) is 12.7 Å². The van der Waals surface area contributed by atoms with Gasteiger partial charge in [0.15, 0.2) is 5.78 Å². The molecule has 0 radical (unpaired) electrons. The Bertz CT molecular complexity index is 1390. The molecular weight excluding hydrogens is 461 g/mol. The first-order chi connectivity index (χ1) is 17.4. The van der Waals surface area contributed by atoms with Gasteiger partial charge in [0.05, 0.1) is 11.1 Å². The van der Waals surface area contributed by atoms with E-state index in [-0.39, 0.29) is 24.1 Å². The molecule has 7 nitrogen and oxygen atoms in total. The zero-order valence-electron chi connectivity index (χ0n) is 20.0. The molecule has 8 heteroatoms. The van der Waals surface area contributed by atoms with E-state index in [0.717, 1.165) is 28.8 Å². The highest BCUT2D eigenvalue weighted by molar-refractivity contribution is 6.09. The number of carbonyl (C=O) groups excluding carboxylic acids is 3. The van der Waals surface area contributed by atoms with Gasteiger partial charge < -0.3 is 14.6 Å². The van der Waals surface area contributed by atoms with E-state index in [1.165, 1.54) is 24.5 Å². The lowest BCUT2D eigenvalue weighted by Crippen LogP contribution is -2.37. The van der Waals surface area contributed by atoms with Crippen LogP contribution in [0.4, 0.5) is 4.39 Å². The molecule has 2 aliphatic rings. The van der Waals surface area contributed by atoms with E-state index in [0.29, 0.717) is 54.8 Å². The van der Waals surface area contributed by atoms with Crippen molar-refractivity contribution < 1.29 is 23.2 Å². The number of pyridine rings is 1. The Morgan fingerprint density at radius 2 is 2.06 bits per heavy atom. The van der Waals surface area contributed by atoms with Gasteiger partial charge in [-0.25, -0.2) is 4.39 Å². The van der Waals surface area contributed by atoms with Gasteiger partial charge in [0.25, 0.3) is 5.91 Å². The number of aryl methyl sites for hydroxylation is 2. The number of rotatable bonds is 5. The first-order valence-electron chi connectivity index (χ1n) is 12.0. The number of fused-ring (bicyclic) bond motifs is 2. The van der Waals surface area contributed by atoms with E-state index in [1.54, 1.807) is 29.3 Å². The third-order valence-electron chi connectivity index (χ3n) is 6.83. The van der Waals surface area contributed by atoms with Crippen LogP contribution in [0.3, 0.4) is 0 Å². The number of aromatic nitrogens is 1. The van der Waals surface area contributed by atoms with Crippen LogP contribution in [0.25, 0.3) is 6.08 Å².